The van der Waals surface area contributed by atoms with Gasteiger partial charge in [-0.1, -0.05) is 19.1 Å². The SMILES string of the molecule is CCCOCC(NN)c1cccc(F)c1Br. The summed E-state index contributed by atoms with van der Waals surface area (Å²) < 4.78 is 19.1. The molecule has 0 radical (unpaired) electrons. The van der Waals surface area contributed by atoms with Crippen molar-refractivity contribution in [1.29, 1.82) is 0 Å². The van der Waals surface area contributed by atoms with Crippen molar-refractivity contribution < 1.29 is 9.13 Å². The Morgan fingerprint density at radius 2 is 2.31 bits per heavy atom. The molecule has 0 aliphatic heterocycles. The van der Waals surface area contributed by atoms with Gasteiger partial charge in [-0.15, -0.1) is 0 Å². The number of ether oxygens (including phenoxy) is 1. The summed E-state index contributed by atoms with van der Waals surface area (Å²) in [6.07, 6.45) is 0.946. The molecular weight excluding hydrogens is 275 g/mol. The Balaban J connectivity index is 2.74. The van der Waals surface area contributed by atoms with Gasteiger partial charge in [0.15, 0.2) is 0 Å². The fourth-order valence-electron chi connectivity index (χ4n) is 1.36. The fourth-order valence-corrected chi connectivity index (χ4v) is 1.90. The molecule has 3 nitrogen and oxygen atoms in total. The zero-order valence-corrected chi connectivity index (χ0v) is 10.8. The van der Waals surface area contributed by atoms with Crippen molar-refractivity contribution in [3.63, 3.8) is 0 Å². The van der Waals surface area contributed by atoms with Crippen molar-refractivity contribution in [2.45, 2.75) is 19.4 Å². The minimum atomic E-state index is -0.298. The van der Waals surface area contributed by atoms with E-state index in [1.54, 1.807) is 6.07 Å². The average molecular weight is 291 g/mol. The van der Waals surface area contributed by atoms with Crippen molar-refractivity contribution in [2.24, 2.45) is 5.84 Å². The maximum atomic E-state index is 13.3. The molecule has 1 aromatic rings. The first-order valence-corrected chi connectivity index (χ1v) is 5.97. The number of hydrazine groups is 1. The average Bonchev–Trinajstić information content (AvgIpc) is 2.29. The molecule has 90 valence electrons. The minimum Gasteiger partial charge on any atom is -0.379 e. The molecule has 0 heterocycles. The number of benzene rings is 1. The topological polar surface area (TPSA) is 47.3 Å². The molecule has 0 aliphatic rings. The van der Waals surface area contributed by atoms with E-state index in [2.05, 4.69) is 21.4 Å². The number of halogens is 2. The molecule has 1 aromatic carbocycles. The third kappa shape index (κ3) is 3.52. The lowest BCUT2D eigenvalue weighted by molar-refractivity contribution is 0.112. The van der Waals surface area contributed by atoms with Gasteiger partial charge in [0.25, 0.3) is 0 Å². The van der Waals surface area contributed by atoms with Gasteiger partial charge in [0.1, 0.15) is 5.82 Å². The first-order chi connectivity index (χ1) is 7.70. The molecule has 1 unspecified atom stereocenters. The second-order valence-corrected chi connectivity index (χ2v) is 4.23. The summed E-state index contributed by atoms with van der Waals surface area (Å²) in [6.45, 7) is 3.13. The van der Waals surface area contributed by atoms with Gasteiger partial charge in [-0.2, -0.15) is 0 Å². The molecular formula is C11H16BrFN2O. The number of hydrogen-bond acceptors (Lipinski definition) is 3. The molecule has 0 amide bonds. The van der Waals surface area contributed by atoms with Gasteiger partial charge in [-0.25, -0.2) is 4.39 Å². The highest BCUT2D eigenvalue weighted by Gasteiger charge is 2.15. The second kappa shape index (κ2) is 6.96. The predicted molar refractivity (Wildman–Crippen MR) is 65.3 cm³/mol. The normalized spacial score (nSPS) is 12.8. The van der Waals surface area contributed by atoms with Gasteiger partial charge in [-0.3, -0.25) is 11.3 Å². The number of hydrogen-bond donors (Lipinski definition) is 2. The zero-order valence-electron chi connectivity index (χ0n) is 9.17. The third-order valence-electron chi connectivity index (χ3n) is 2.19. The van der Waals surface area contributed by atoms with E-state index >= 15 is 0 Å². The molecule has 0 saturated heterocycles. The van der Waals surface area contributed by atoms with Crippen LogP contribution in [0.4, 0.5) is 4.39 Å². The molecule has 1 atom stereocenters. The Kier molecular flexibility index (Phi) is 5.90. The van der Waals surface area contributed by atoms with Crippen molar-refractivity contribution in [1.82, 2.24) is 5.43 Å². The molecule has 0 bridgehead atoms. The van der Waals surface area contributed by atoms with Gasteiger partial charge in [0.05, 0.1) is 17.1 Å². The Bertz CT molecular complexity index is 336. The molecule has 0 aromatic heterocycles. The van der Waals surface area contributed by atoms with Crippen LogP contribution >= 0.6 is 15.9 Å². The van der Waals surface area contributed by atoms with Crippen LogP contribution in [0.1, 0.15) is 24.9 Å². The van der Waals surface area contributed by atoms with E-state index in [1.807, 2.05) is 13.0 Å². The summed E-state index contributed by atoms with van der Waals surface area (Å²) in [5.41, 5.74) is 3.39. The lowest BCUT2D eigenvalue weighted by Gasteiger charge is -2.18. The maximum Gasteiger partial charge on any atom is 0.137 e. The Hall–Kier alpha value is -0.490. The highest BCUT2D eigenvalue weighted by molar-refractivity contribution is 9.10. The van der Waals surface area contributed by atoms with E-state index in [-0.39, 0.29) is 11.9 Å². The summed E-state index contributed by atoms with van der Waals surface area (Å²) in [7, 11) is 0. The van der Waals surface area contributed by atoms with Crippen LogP contribution in [0.15, 0.2) is 22.7 Å². The molecule has 1 rings (SSSR count). The van der Waals surface area contributed by atoms with E-state index in [0.29, 0.717) is 17.7 Å². The number of rotatable bonds is 6. The van der Waals surface area contributed by atoms with Crippen LogP contribution in [-0.4, -0.2) is 13.2 Å². The molecule has 3 N–H and O–H groups in total. The second-order valence-electron chi connectivity index (χ2n) is 3.44. The molecule has 0 fully saturated rings. The molecule has 16 heavy (non-hydrogen) atoms. The van der Waals surface area contributed by atoms with Gasteiger partial charge >= 0.3 is 0 Å². The molecule has 0 spiro atoms. The number of nitrogens with one attached hydrogen (secondary N) is 1. The standard InChI is InChI=1S/C11H16BrFN2O/c1-2-6-16-7-10(15-14)8-4-3-5-9(13)11(8)12/h3-5,10,15H,2,6-7,14H2,1H3. The van der Waals surface area contributed by atoms with E-state index in [0.717, 1.165) is 12.0 Å². The molecule has 0 aliphatic carbocycles. The van der Waals surface area contributed by atoms with Gasteiger partial charge in [-0.05, 0) is 34.0 Å². The Morgan fingerprint density at radius 1 is 1.56 bits per heavy atom. The smallest absolute Gasteiger partial charge is 0.137 e. The largest absolute Gasteiger partial charge is 0.379 e. The van der Waals surface area contributed by atoms with Gasteiger partial charge < -0.3 is 4.74 Å². The monoisotopic (exact) mass is 290 g/mol. The van der Waals surface area contributed by atoms with E-state index in [4.69, 9.17) is 10.6 Å². The molecule has 5 heteroatoms. The van der Waals surface area contributed by atoms with Crippen LogP contribution in [-0.2, 0) is 4.74 Å². The van der Waals surface area contributed by atoms with E-state index in [1.165, 1.54) is 6.07 Å². The lowest BCUT2D eigenvalue weighted by Crippen LogP contribution is -2.31. The minimum absolute atomic E-state index is 0.211. The van der Waals surface area contributed by atoms with Crippen LogP contribution in [0.25, 0.3) is 0 Å². The van der Waals surface area contributed by atoms with Crippen molar-refractivity contribution >= 4 is 15.9 Å². The van der Waals surface area contributed by atoms with Crippen LogP contribution in [0.3, 0.4) is 0 Å². The lowest BCUT2D eigenvalue weighted by atomic mass is 10.1. The fraction of sp³-hybridized carbons (Fsp3) is 0.455. The van der Waals surface area contributed by atoms with Crippen LogP contribution in [0, 0.1) is 5.82 Å². The van der Waals surface area contributed by atoms with Crippen molar-refractivity contribution in [3.05, 3.63) is 34.1 Å². The Morgan fingerprint density at radius 3 is 2.94 bits per heavy atom. The van der Waals surface area contributed by atoms with Crippen LogP contribution in [0.5, 0.6) is 0 Å². The third-order valence-corrected chi connectivity index (χ3v) is 3.03. The van der Waals surface area contributed by atoms with Crippen LogP contribution in [0.2, 0.25) is 0 Å². The van der Waals surface area contributed by atoms with Crippen LogP contribution < -0.4 is 11.3 Å². The first kappa shape index (κ1) is 13.6. The highest BCUT2D eigenvalue weighted by Crippen LogP contribution is 2.25. The maximum absolute atomic E-state index is 13.3. The van der Waals surface area contributed by atoms with Crippen molar-refractivity contribution in [3.8, 4) is 0 Å². The van der Waals surface area contributed by atoms with Crippen molar-refractivity contribution in [2.75, 3.05) is 13.2 Å². The summed E-state index contributed by atoms with van der Waals surface area (Å²) in [6, 6.07) is 4.65. The highest BCUT2D eigenvalue weighted by atomic mass is 79.9. The summed E-state index contributed by atoms with van der Waals surface area (Å²) in [4.78, 5) is 0. The Labute approximate surface area is 103 Å². The summed E-state index contributed by atoms with van der Waals surface area (Å²) in [5, 5.41) is 0. The van der Waals surface area contributed by atoms with E-state index < -0.39 is 0 Å². The van der Waals surface area contributed by atoms with Gasteiger partial charge in [0.2, 0.25) is 0 Å². The van der Waals surface area contributed by atoms with E-state index in [9.17, 15) is 4.39 Å². The first-order valence-electron chi connectivity index (χ1n) is 5.18. The predicted octanol–water partition coefficient (Wildman–Crippen LogP) is 2.52. The number of nitrogens with two attached hydrogens (primary N) is 1. The summed E-state index contributed by atoms with van der Waals surface area (Å²) in [5.74, 6) is 5.13. The molecule has 0 saturated carbocycles. The quantitative estimate of drug-likeness (QED) is 0.481. The van der Waals surface area contributed by atoms with Gasteiger partial charge in [0, 0.05) is 6.61 Å². The zero-order chi connectivity index (χ0) is 12.0. The summed E-state index contributed by atoms with van der Waals surface area (Å²) >= 11 is 3.20.